The van der Waals surface area contributed by atoms with Gasteiger partial charge in [-0.3, -0.25) is 4.48 Å². The highest BCUT2D eigenvalue weighted by molar-refractivity contribution is 5.77. The summed E-state index contributed by atoms with van der Waals surface area (Å²) in [6, 6.07) is 11.7. The van der Waals surface area contributed by atoms with Gasteiger partial charge < -0.3 is 20.4 Å². The second-order valence-electron chi connectivity index (χ2n) is 9.21. The molecule has 2 aromatic carbocycles. The minimum Gasteiger partial charge on any atom is -0.395 e. The number of aromatic nitrogens is 6. The Morgan fingerprint density at radius 1 is 0.889 bits per heavy atom. The average molecular weight is 500 g/mol. The first kappa shape index (κ1) is 26.1. The maximum Gasteiger partial charge on any atom is 0.178 e. The second-order valence-corrected chi connectivity index (χ2v) is 9.21. The fourth-order valence-corrected chi connectivity index (χ4v) is 4.98. The smallest absolute Gasteiger partial charge is 0.178 e. The van der Waals surface area contributed by atoms with Crippen molar-refractivity contribution in [3.8, 4) is 0 Å². The molecule has 0 saturated carbocycles. The van der Waals surface area contributed by atoms with Gasteiger partial charge in [0, 0.05) is 6.54 Å². The van der Waals surface area contributed by atoms with E-state index < -0.39 is 6.17 Å². The van der Waals surface area contributed by atoms with Crippen molar-refractivity contribution in [2.24, 2.45) is 0 Å². The Bertz CT molecular complexity index is 1280. The van der Waals surface area contributed by atoms with Gasteiger partial charge in [0.1, 0.15) is 37.4 Å². The van der Waals surface area contributed by atoms with Crippen molar-refractivity contribution in [1.82, 2.24) is 34.9 Å². The molecule has 0 aliphatic carbocycles. The first-order valence-corrected chi connectivity index (χ1v) is 12.1. The van der Waals surface area contributed by atoms with Gasteiger partial charge in [0.15, 0.2) is 12.8 Å². The summed E-state index contributed by atoms with van der Waals surface area (Å²) in [6.07, 6.45) is -0.592. The highest BCUT2D eigenvalue weighted by Crippen LogP contribution is 2.24. The van der Waals surface area contributed by atoms with Crippen LogP contribution in [0.3, 0.4) is 0 Å². The third kappa shape index (κ3) is 5.09. The molecular formula is C24H35N8O4+. The third-order valence-corrected chi connectivity index (χ3v) is 6.84. The number of rotatable bonds is 13. The molecule has 0 aliphatic rings. The van der Waals surface area contributed by atoms with Crippen molar-refractivity contribution < 1.29 is 24.9 Å². The number of nitrogens with zero attached hydrogens (tertiary/aromatic N) is 8. The molecule has 0 amide bonds. The molecule has 12 heteroatoms. The number of fused-ring (bicyclic) bond motifs is 2. The van der Waals surface area contributed by atoms with Crippen LogP contribution in [0.2, 0.25) is 0 Å². The van der Waals surface area contributed by atoms with E-state index in [1.54, 1.807) is 9.36 Å². The van der Waals surface area contributed by atoms with Crippen LogP contribution in [-0.2, 0) is 13.3 Å². The van der Waals surface area contributed by atoms with Crippen LogP contribution in [0, 0.1) is 13.8 Å². The monoisotopic (exact) mass is 499 g/mol. The van der Waals surface area contributed by atoms with Gasteiger partial charge in [0.2, 0.25) is 0 Å². The zero-order chi connectivity index (χ0) is 25.7. The van der Waals surface area contributed by atoms with E-state index >= 15 is 0 Å². The fraction of sp³-hybridized carbons (Fsp3) is 0.500. The maximum atomic E-state index is 10.7. The van der Waals surface area contributed by atoms with Crippen LogP contribution in [0.25, 0.3) is 22.1 Å². The van der Waals surface area contributed by atoms with Gasteiger partial charge in [0.05, 0.1) is 30.9 Å². The van der Waals surface area contributed by atoms with Crippen LogP contribution in [0.15, 0.2) is 36.4 Å². The van der Waals surface area contributed by atoms with Crippen molar-refractivity contribution in [2.45, 2.75) is 33.4 Å². The Balaban J connectivity index is 1.74. The molecule has 2 aromatic heterocycles. The first-order chi connectivity index (χ1) is 17.5. The van der Waals surface area contributed by atoms with Crippen molar-refractivity contribution >= 4 is 22.1 Å². The zero-order valence-electron chi connectivity index (χ0n) is 20.8. The van der Waals surface area contributed by atoms with E-state index in [0.717, 1.165) is 33.2 Å². The Morgan fingerprint density at radius 3 is 2.33 bits per heavy atom. The second kappa shape index (κ2) is 11.4. The van der Waals surface area contributed by atoms with Gasteiger partial charge >= 0.3 is 0 Å². The van der Waals surface area contributed by atoms with E-state index in [1.807, 2.05) is 55.1 Å². The summed E-state index contributed by atoms with van der Waals surface area (Å²) in [5, 5.41) is 58.0. The fourth-order valence-electron chi connectivity index (χ4n) is 4.98. The van der Waals surface area contributed by atoms with Gasteiger partial charge in [-0.05, 0) is 43.2 Å². The Hall–Kier alpha value is -3.00. The van der Waals surface area contributed by atoms with Gasteiger partial charge in [0.25, 0.3) is 0 Å². The Kier molecular flexibility index (Phi) is 8.24. The SMILES string of the molecule is Cc1ccc2c(c1)nnn2C[N+](CCO)(CCO)C(CO)N(CCO)Cn1nnc2c(C)cccc21. The van der Waals surface area contributed by atoms with Crippen LogP contribution in [0.5, 0.6) is 0 Å². The van der Waals surface area contributed by atoms with Gasteiger partial charge in [-0.25, -0.2) is 9.58 Å². The van der Waals surface area contributed by atoms with E-state index in [-0.39, 0.29) is 63.9 Å². The van der Waals surface area contributed by atoms with Crippen molar-refractivity contribution in [3.05, 3.63) is 47.5 Å². The van der Waals surface area contributed by atoms with E-state index in [9.17, 15) is 20.4 Å². The van der Waals surface area contributed by atoms with Crippen LogP contribution in [0.1, 0.15) is 11.1 Å². The summed E-state index contributed by atoms with van der Waals surface area (Å²) in [4.78, 5) is 1.91. The molecule has 2 heterocycles. The number of aliphatic hydroxyl groups excluding tert-OH is 4. The molecule has 0 bridgehead atoms. The van der Waals surface area contributed by atoms with Crippen LogP contribution in [-0.4, -0.2) is 112 Å². The number of quaternary nitrogens is 1. The summed E-state index contributed by atoms with van der Waals surface area (Å²) in [7, 11) is 0. The Labute approximate surface area is 209 Å². The first-order valence-electron chi connectivity index (χ1n) is 12.1. The number of hydrogen-bond donors (Lipinski definition) is 4. The summed E-state index contributed by atoms with van der Waals surface area (Å²) in [6.45, 7) is 4.44. The van der Waals surface area contributed by atoms with Gasteiger partial charge in [-0.15, -0.1) is 10.2 Å². The maximum absolute atomic E-state index is 10.7. The molecule has 194 valence electrons. The lowest BCUT2D eigenvalue weighted by Gasteiger charge is -2.47. The lowest BCUT2D eigenvalue weighted by atomic mass is 10.2. The highest BCUT2D eigenvalue weighted by atomic mass is 16.3. The summed E-state index contributed by atoms with van der Waals surface area (Å²) in [5.41, 5.74) is 5.27. The molecule has 4 rings (SSSR count). The molecule has 4 aromatic rings. The molecule has 0 fully saturated rings. The molecular weight excluding hydrogens is 464 g/mol. The quantitative estimate of drug-likeness (QED) is 0.145. The minimum absolute atomic E-state index is 0.0987. The predicted molar refractivity (Wildman–Crippen MR) is 133 cm³/mol. The summed E-state index contributed by atoms with van der Waals surface area (Å²) >= 11 is 0. The zero-order valence-corrected chi connectivity index (χ0v) is 20.8. The van der Waals surface area contributed by atoms with Crippen LogP contribution >= 0.6 is 0 Å². The number of aliphatic hydroxyl groups is 4. The molecule has 4 N–H and O–H groups in total. The highest BCUT2D eigenvalue weighted by Gasteiger charge is 2.41. The number of benzene rings is 2. The van der Waals surface area contributed by atoms with Gasteiger partial charge in [-0.1, -0.05) is 28.6 Å². The topological polar surface area (TPSA) is 146 Å². The molecule has 0 radical (unpaired) electrons. The summed E-state index contributed by atoms with van der Waals surface area (Å²) in [5.74, 6) is 0. The van der Waals surface area contributed by atoms with E-state index in [4.69, 9.17) is 0 Å². The molecule has 12 nitrogen and oxygen atoms in total. The van der Waals surface area contributed by atoms with E-state index in [0.29, 0.717) is 0 Å². The van der Waals surface area contributed by atoms with E-state index in [1.165, 1.54) is 0 Å². The number of aryl methyl sites for hydroxylation is 2. The number of hydrogen-bond acceptors (Lipinski definition) is 9. The van der Waals surface area contributed by atoms with Crippen molar-refractivity contribution in [2.75, 3.05) is 46.1 Å². The molecule has 1 atom stereocenters. The third-order valence-electron chi connectivity index (χ3n) is 6.84. The molecule has 36 heavy (non-hydrogen) atoms. The summed E-state index contributed by atoms with van der Waals surface area (Å²) < 4.78 is 3.58. The predicted octanol–water partition coefficient (Wildman–Crippen LogP) is -0.178. The molecule has 0 aliphatic heterocycles. The van der Waals surface area contributed by atoms with Crippen molar-refractivity contribution in [3.63, 3.8) is 0 Å². The molecule has 1 unspecified atom stereocenters. The minimum atomic E-state index is -0.592. The van der Waals surface area contributed by atoms with Gasteiger partial charge in [-0.2, -0.15) is 4.68 Å². The standard InChI is InChI=1S/C24H35N8O4/c1-18-6-7-21-20(14-18)25-27-31(21)17-32(9-12-34,10-13-35)23(15-36)29(8-11-33)16-30-22-5-3-4-19(2)24(22)26-28-30/h3-7,14,23,33-36H,8-13,15-17H2,1-2H3/q+1. The molecule has 0 spiro atoms. The Morgan fingerprint density at radius 2 is 1.64 bits per heavy atom. The largest absolute Gasteiger partial charge is 0.395 e. The van der Waals surface area contributed by atoms with Crippen molar-refractivity contribution in [1.29, 1.82) is 0 Å². The normalized spacial score (nSPS) is 13.3. The van der Waals surface area contributed by atoms with Crippen LogP contribution in [0.4, 0.5) is 0 Å². The average Bonchev–Trinajstić information content (AvgIpc) is 3.44. The lowest BCUT2D eigenvalue weighted by molar-refractivity contribution is -0.983. The van der Waals surface area contributed by atoms with Crippen LogP contribution < -0.4 is 0 Å². The molecule has 0 saturated heterocycles. The lowest BCUT2D eigenvalue weighted by Crippen LogP contribution is -2.66. The van der Waals surface area contributed by atoms with E-state index in [2.05, 4.69) is 20.6 Å².